The van der Waals surface area contributed by atoms with Gasteiger partial charge < -0.3 is 4.79 Å². The minimum absolute atomic E-state index is 0.0762. The summed E-state index contributed by atoms with van der Waals surface area (Å²) < 4.78 is 0. The van der Waals surface area contributed by atoms with Gasteiger partial charge in [-0.1, -0.05) is 0 Å². The molecule has 0 saturated carbocycles. The van der Waals surface area contributed by atoms with Crippen LogP contribution in [0.1, 0.15) is 26.2 Å². The summed E-state index contributed by atoms with van der Waals surface area (Å²) in [4.78, 5) is 46.2. The van der Waals surface area contributed by atoms with Crippen LogP contribution in [0.25, 0.3) is 0 Å². The van der Waals surface area contributed by atoms with Crippen molar-refractivity contribution in [2.45, 2.75) is 26.2 Å². The molecule has 88 valence electrons. The van der Waals surface area contributed by atoms with Crippen molar-refractivity contribution in [1.82, 2.24) is 9.80 Å². The van der Waals surface area contributed by atoms with E-state index in [-0.39, 0.29) is 12.3 Å². The zero-order valence-corrected chi connectivity index (χ0v) is 9.36. The molecule has 1 aliphatic rings. The second kappa shape index (κ2) is 4.87. The highest BCUT2D eigenvalue weighted by molar-refractivity contribution is 6.44. The van der Waals surface area contributed by atoms with Crippen LogP contribution in [-0.2, 0) is 14.4 Å². The molecule has 1 rings (SSSR count). The largest absolute Gasteiger partial charge is 0.333 e. The second-order valence-electron chi connectivity index (χ2n) is 3.76. The van der Waals surface area contributed by atoms with E-state index in [1.807, 2.05) is 0 Å². The molecule has 0 atom stereocenters. The first-order chi connectivity index (χ1) is 7.45. The number of Topliss-reactive ketones (excluding diaryl/α,β-unsaturated/α-hetero) is 1. The number of urea groups is 1. The van der Waals surface area contributed by atoms with Gasteiger partial charge in [0.05, 0.1) is 0 Å². The fourth-order valence-electron chi connectivity index (χ4n) is 1.45. The first-order valence-corrected chi connectivity index (χ1v) is 5.08. The normalized spacial score (nSPS) is 16.2. The highest BCUT2D eigenvalue weighted by Crippen LogP contribution is 2.11. The molecule has 0 aromatic heterocycles. The van der Waals surface area contributed by atoms with E-state index in [0.29, 0.717) is 19.3 Å². The van der Waals surface area contributed by atoms with E-state index in [4.69, 9.17) is 0 Å². The predicted octanol–water partition coefficient (Wildman–Crippen LogP) is 0.166. The third-order valence-electron chi connectivity index (χ3n) is 2.41. The number of ketones is 1. The molecule has 0 spiro atoms. The Bertz CT molecular complexity index is 351. The van der Waals surface area contributed by atoms with Crippen molar-refractivity contribution in [1.29, 1.82) is 0 Å². The summed E-state index contributed by atoms with van der Waals surface area (Å²) in [6, 6.07) is -0.585. The summed E-state index contributed by atoms with van der Waals surface area (Å²) in [5.41, 5.74) is 0. The third-order valence-corrected chi connectivity index (χ3v) is 2.41. The molecule has 0 N–H and O–H groups in total. The van der Waals surface area contributed by atoms with Gasteiger partial charge in [0.1, 0.15) is 5.78 Å². The Morgan fingerprint density at radius 2 is 1.75 bits per heavy atom. The van der Waals surface area contributed by atoms with E-state index < -0.39 is 17.8 Å². The number of rotatable bonds is 5. The first-order valence-electron chi connectivity index (χ1n) is 5.08. The number of nitrogens with zero attached hydrogens (tertiary/aromatic N) is 2. The zero-order valence-electron chi connectivity index (χ0n) is 9.36. The molecular formula is C10H14N2O4. The smallest absolute Gasteiger partial charge is 0.300 e. The molecule has 1 fully saturated rings. The molecule has 0 aromatic rings. The van der Waals surface area contributed by atoms with Crippen LogP contribution in [0.15, 0.2) is 0 Å². The fourth-order valence-corrected chi connectivity index (χ4v) is 1.45. The summed E-state index contributed by atoms with van der Waals surface area (Å²) in [6.45, 7) is 1.69. The molecule has 0 radical (unpaired) electrons. The lowest BCUT2D eigenvalue weighted by molar-refractivity contribution is -0.142. The van der Waals surface area contributed by atoms with Crippen molar-refractivity contribution in [2.75, 3.05) is 13.6 Å². The molecule has 0 unspecified atom stereocenters. The van der Waals surface area contributed by atoms with E-state index in [9.17, 15) is 19.2 Å². The van der Waals surface area contributed by atoms with Crippen molar-refractivity contribution < 1.29 is 19.2 Å². The molecule has 6 heteroatoms. The van der Waals surface area contributed by atoms with Gasteiger partial charge in [-0.25, -0.2) is 4.79 Å². The lowest BCUT2D eigenvalue weighted by atomic mass is 10.2. The Morgan fingerprint density at radius 1 is 1.12 bits per heavy atom. The van der Waals surface area contributed by atoms with Crippen LogP contribution in [0.2, 0.25) is 0 Å². The van der Waals surface area contributed by atoms with E-state index in [0.717, 1.165) is 9.80 Å². The molecule has 0 aliphatic carbocycles. The number of carbonyl (C=O) groups is 4. The second-order valence-corrected chi connectivity index (χ2v) is 3.76. The van der Waals surface area contributed by atoms with Crippen molar-refractivity contribution in [3.8, 4) is 0 Å². The predicted molar refractivity (Wildman–Crippen MR) is 54.4 cm³/mol. The Kier molecular flexibility index (Phi) is 3.76. The first kappa shape index (κ1) is 12.4. The summed E-state index contributed by atoms with van der Waals surface area (Å²) in [7, 11) is 1.28. The van der Waals surface area contributed by atoms with Gasteiger partial charge in [-0.15, -0.1) is 0 Å². The Labute approximate surface area is 93.2 Å². The van der Waals surface area contributed by atoms with Gasteiger partial charge in [-0.2, -0.15) is 0 Å². The van der Waals surface area contributed by atoms with Crippen LogP contribution >= 0.6 is 0 Å². The van der Waals surface area contributed by atoms with Crippen molar-refractivity contribution in [3.05, 3.63) is 0 Å². The van der Waals surface area contributed by atoms with Crippen LogP contribution in [0.4, 0.5) is 4.79 Å². The van der Waals surface area contributed by atoms with Gasteiger partial charge in [0.15, 0.2) is 0 Å². The molecule has 1 heterocycles. The average molecular weight is 226 g/mol. The Hall–Kier alpha value is -1.72. The number of unbranched alkanes of at least 4 members (excludes halogenated alkanes) is 1. The minimum atomic E-state index is -0.795. The molecule has 4 amide bonds. The molecule has 0 aromatic carbocycles. The van der Waals surface area contributed by atoms with Gasteiger partial charge in [0, 0.05) is 20.0 Å². The number of hydrogen-bond donors (Lipinski definition) is 0. The molecule has 16 heavy (non-hydrogen) atoms. The lowest BCUT2D eigenvalue weighted by Gasteiger charge is -2.11. The number of carbonyl (C=O) groups excluding carboxylic acids is 4. The van der Waals surface area contributed by atoms with E-state index in [2.05, 4.69) is 0 Å². The van der Waals surface area contributed by atoms with Crippen LogP contribution in [0.3, 0.4) is 0 Å². The maximum atomic E-state index is 11.4. The molecule has 6 nitrogen and oxygen atoms in total. The van der Waals surface area contributed by atoms with Crippen molar-refractivity contribution >= 4 is 23.6 Å². The zero-order chi connectivity index (χ0) is 12.3. The van der Waals surface area contributed by atoms with Gasteiger partial charge >= 0.3 is 17.8 Å². The van der Waals surface area contributed by atoms with Crippen molar-refractivity contribution in [2.24, 2.45) is 0 Å². The monoisotopic (exact) mass is 226 g/mol. The van der Waals surface area contributed by atoms with E-state index in [1.54, 1.807) is 0 Å². The Morgan fingerprint density at radius 3 is 2.19 bits per heavy atom. The Balaban J connectivity index is 2.43. The van der Waals surface area contributed by atoms with Crippen LogP contribution in [0.5, 0.6) is 0 Å². The summed E-state index contributed by atoms with van der Waals surface area (Å²) in [5, 5.41) is 0. The number of likely N-dealkylation sites (N-methyl/N-ethyl adjacent to an activating group) is 1. The molecular weight excluding hydrogens is 212 g/mol. The van der Waals surface area contributed by atoms with Gasteiger partial charge in [-0.05, 0) is 19.8 Å². The maximum Gasteiger partial charge on any atom is 0.333 e. The van der Waals surface area contributed by atoms with E-state index >= 15 is 0 Å². The maximum absolute atomic E-state index is 11.4. The van der Waals surface area contributed by atoms with Gasteiger partial charge in [0.25, 0.3) is 0 Å². The molecule has 0 bridgehead atoms. The SMILES string of the molecule is CC(=O)CCCCN1C(=O)C(=O)N(C)C1=O. The summed E-state index contributed by atoms with van der Waals surface area (Å²) in [5.74, 6) is -1.50. The quantitative estimate of drug-likeness (QED) is 0.380. The van der Waals surface area contributed by atoms with Crippen LogP contribution < -0.4 is 0 Å². The average Bonchev–Trinajstić information content (AvgIpc) is 2.40. The fraction of sp³-hybridized carbons (Fsp3) is 0.600. The number of hydrogen-bond acceptors (Lipinski definition) is 4. The van der Waals surface area contributed by atoms with Gasteiger partial charge in [0.2, 0.25) is 0 Å². The van der Waals surface area contributed by atoms with Crippen LogP contribution in [-0.4, -0.2) is 47.0 Å². The van der Waals surface area contributed by atoms with Crippen LogP contribution in [0, 0.1) is 0 Å². The summed E-state index contributed by atoms with van der Waals surface area (Å²) >= 11 is 0. The van der Waals surface area contributed by atoms with E-state index in [1.165, 1.54) is 14.0 Å². The molecule has 1 saturated heterocycles. The van der Waals surface area contributed by atoms with Gasteiger partial charge in [-0.3, -0.25) is 19.4 Å². The number of imide groups is 2. The lowest BCUT2D eigenvalue weighted by Crippen LogP contribution is -2.32. The topological polar surface area (TPSA) is 74.8 Å². The highest BCUT2D eigenvalue weighted by Gasteiger charge is 2.41. The third kappa shape index (κ3) is 2.44. The summed E-state index contributed by atoms with van der Waals surface area (Å²) in [6.07, 6.45) is 1.59. The standard InChI is InChI=1S/C10H14N2O4/c1-7(13)5-3-4-6-12-9(15)8(14)11(2)10(12)16/h3-6H2,1-2H3. The molecule has 1 aliphatic heterocycles. The number of amides is 4. The highest BCUT2D eigenvalue weighted by atomic mass is 16.2. The minimum Gasteiger partial charge on any atom is -0.300 e. The van der Waals surface area contributed by atoms with Crippen molar-refractivity contribution in [3.63, 3.8) is 0 Å².